The molecule has 0 saturated carbocycles. The van der Waals surface area contributed by atoms with E-state index in [1.165, 1.54) is 11.3 Å². The van der Waals surface area contributed by atoms with Crippen molar-refractivity contribution < 1.29 is 0 Å². The van der Waals surface area contributed by atoms with Crippen LogP contribution in [0.5, 0.6) is 0 Å². The molecule has 0 radical (unpaired) electrons. The van der Waals surface area contributed by atoms with Crippen LogP contribution in [0, 0.1) is 0 Å². The Morgan fingerprint density at radius 3 is 2.63 bits per heavy atom. The summed E-state index contributed by atoms with van der Waals surface area (Å²) < 4.78 is 2.15. The second-order valence-corrected chi connectivity index (χ2v) is 5.02. The lowest BCUT2D eigenvalue weighted by molar-refractivity contribution is 0.792. The average Bonchev–Trinajstić information content (AvgIpc) is 2.97. The number of H-pyrrole nitrogens is 1. The van der Waals surface area contributed by atoms with Gasteiger partial charge in [-0.2, -0.15) is 0 Å². The number of hydrogen-bond acceptors (Lipinski definition) is 2. The van der Waals surface area contributed by atoms with E-state index in [1.54, 1.807) is 0 Å². The fourth-order valence-corrected chi connectivity index (χ4v) is 2.55. The third-order valence-corrected chi connectivity index (χ3v) is 3.39. The SMILES string of the molecule is CC(C)c1c(-c2ccccc2)[nH]c2ncc(CN)n12. The van der Waals surface area contributed by atoms with Gasteiger partial charge in [-0.3, -0.25) is 4.40 Å². The highest BCUT2D eigenvalue weighted by Crippen LogP contribution is 2.30. The molecule has 19 heavy (non-hydrogen) atoms. The van der Waals surface area contributed by atoms with Gasteiger partial charge in [-0.15, -0.1) is 0 Å². The van der Waals surface area contributed by atoms with Crippen molar-refractivity contribution in [2.45, 2.75) is 26.3 Å². The molecule has 0 aliphatic carbocycles. The third-order valence-electron chi connectivity index (χ3n) is 3.39. The Morgan fingerprint density at radius 2 is 2.00 bits per heavy atom. The predicted molar refractivity (Wildman–Crippen MR) is 77.0 cm³/mol. The maximum absolute atomic E-state index is 5.80. The van der Waals surface area contributed by atoms with Gasteiger partial charge in [0.2, 0.25) is 5.78 Å². The minimum absolute atomic E-state index is 0.392. The molecule has 0 atom stereocenters. The number of imidazole rings is 2. The molecule has 0 spiro atoms. The van der Waals surface area contributed by atoms with Crippen molar-refractivity contribution in [1.82, 2.24) is 14.4 Å². The lowest BCUT2D eigenvalue weighted by atomic mass is 10.0. The van der Waals surface area contributed by atoms with Gasteiger partial charge in [0.1, 0.15) is 0 Å². The largest absolute Gasteiger partial charge is 0.325 e. The fraction of sp³-hybridized carbons (Fsp3) is 0.267. The summed E-state index contributed by atoms with van der Waals surface area (Å²) in [6.45, 7) is 4.87. The van der Waals surface area contributed by atoms with Crippen molar-refractivity contribution >= 4 is 5.78 Å². The van der Waals surface area contributed by atoms with Crippen LogP contribution in [0.15, 0.2) is 36.5 Å². The van der Waals surface area contributed by atoms with Crippen molar-refractivity contribution in [2.75, 3.05) is 0 Å². The van der Waals surface area contributed by atoms with Crippen LogP contribution in [0.25, 0.3) is 17.0 Å². The molecular formula is C15H18N4. The summed E-state index contributed by atoms with van der Waals surface area (Å²) in [7, 11) is 0. The summed E-state index contributed by atoms with van der Waals surface area (Å²) in [6, 6.07) is 10.3. The van der Waals surface area contributed by atoms with E-state index in [-0.39, 0.29) is 0 Å². The Kier molecular flexibility index (Phi) is 2.87. The molecule has 3 aromatic rings. The highest BCUT2D eigenvalue weighted by Gasteiger charge is 2.18. The van der Waals surface area contributed by atoms with E-state index in [9.17, 15) is 0 Å². The molecule has 2 heterocycles. The first kappa shape index (κ1) is 12.0. The van der Waals surface area contributed by atoms with E-state index >= 15 is 0 Å². The number of aromatic amines is 1. The Hall–Kier alpha value is -2.07. The van der Waals surface area contributed by atoms with Crippen molar-refractivity contribution in [3.8, 4) is 11.3 Å². The summed E-state index contributed by atoms with van der Waals surface area (Å²) in [5.41, 5.74) is 10.4. The monoisotopic (exact) mass is 254 g/mol. The zero-order valence-electron chi connectivity index (χ0n) is 11.2. The first-order valence-corrected chi connectivity index (χ1v) is 6.56. The summed E-state index contributed by atoms with van der Waals surface area (Å²) in [5.74, 6) is 1.26. The van der Waals surface area contributed by atoms with Gasteiger partial charge in [0.25, 0.3) is 0 Å². The van der Waals surface area contributed by atoms with Crippen LogP contribution in [0.3, 0.4) is 0 Å². The van der Waals surface area contributed by atoms with Crippen LogP contribution in [0.1, 0.15) is 31.2 Å². The first-order chi connectivity index (χ1) is 9.22. The molecule has 0 fully saturated rings. The quantitative estimate of drug-likeness (QED) is 0.755. The highest BCUT2D eigenvalue weighted by molar-refractivity contribution is 5.66. The normalized spacial score (nSPS) is 11.6. The Bertz CT molecular complexity index is 692. The molecule has 0 aliphatic heterocycles. The molecule has 0 unspecified atom stereocenters. The lowest BCUT2D eigenvalue weighted by Crippen LogP contribution is -2.04. The maximum atomic E-state index is 5.80. The van der Waals surface area contributed by atoms with Gasteiger partial charge in [-0.05, 0) is 11.5 Å². The zero-order valence-corrected chi connectivity index (χ0v) is 11.2. The number of rotatable bonds is 3. The number of hydrogen-bond donors (Lipinski definition) is 2. The van der Waals surface area contributed by atoms with Gasteiger partial charge in [0, 0.05) is 6.54 Å². The summed E-state index contributed by atoms with van der Waals surface area (Å²) in [4.78, 5) is 7.82. The number of benzene rings is 1. The van der Waals surface area contributed by atoms with E-state index in [2.05, 4.69) is 40.3 Å². The van der Waals surface area contributed by atoms with Crippen LogP contribution in [-0.2, 0) is 6.54 Å². The van der Waals surface area contributed by atoms with Crippen molar-refractivity contribution in [2.24, 2.45) is 5.73 Å². The van der Waals surface area contributed by atoms with Crippen molar-refractivity contribution in [3.63, 3.8) is 0 Å². The van der Waals surface area contributed by atoms with Crippen molar-refractivity contribution in [3.05, 3.63) is 47.9 Å². The Balaban J connectivity index is 2.31. The zero-order chi connectivity index (χ0) is 13.4. The molecule has 98 valence electrons. The molecule has 3 N–H and O–H groups in total. The van der Waals surface area contributed by atoms with E-state index < -0.39 is 0 Å². The minimum atomic E-state index is 0.392. The van der Waals surface area contributed by atoms with Crippen LogP contribution in [0.2, 0.25) is 0 Å². The first-order valence-electron chi connectivity index (χ1n) is 6.56. The molecular weight excluding hydrogens is 236 g/mol. The molecule has 0 amide bonds. The summed E-state index contributed by atoms with van der Waals surface area (Å²) >= 11 is 0. The fourth-order valence-electron chi connectivity index (χ4n) is 2.55. The molecule has 3 rings (SSSR count). The van der Waals surface area contributed by atoms with Gasteiger partial charge < -0.3 is 10.7 Å². The van der Waals surface area contributed by atoms with Gasteiger partial charge in [0.05, 0.1) is 23.3 Å². The predicted octanol–water partition coefficient (Wildman–Crippen LogP) is 2.91. The second kappa shape index (κ2) is 4.55. The van der Waals surface area contributed by atoms with Gasteiger partial charge in [-0.25, -0.2) is 4.98 Å². The summed E-state index contributed by atoms with van der Waals surface area (Å²) in [6.07, 6.45) is 1.84. The summed E-state index contributed by atoms with van der Waals surface area (Å²) in [5, 5.41) is 0. The highest BCUT2D eigenvalue weighted by atomic mass is 15.1. The molecule has 2 aromatic heterocycles. The molecule has 0 aliphatic rings. The molecule has 4 nitrogen and oxygen atoms in total. The van der Waals surface area contributed by atoms with Crippen LogP contribution in [0.4, 0.5) is 0 Å². The second-order valence-electron chi connectivity index (χ2n) is 5.02. The van der Waals surface area contributed by atoms with E-state index in [1.807, 2.05) is 24.4 Å². The van der Waals surface area contributed by atoms with Crippen LogP contribution >= 0.6 is 0 Å². The number of nitrogens with zero attached hydrogens (tertiary/aromatic N) is 2. The molecule has 4 heteroatoms. The average molecular weight is 254 g/mol. The molecule has 0 saturated heterocycles. The topological polar surface area (TPSA) is 59.1 Å². The Morgan fingerprint density at radius 1 is 1.26 bits per heavy atom. The number of nitrogens with one attached hydrogen (secondary N) is 1. The van der Waals surface area contributed by atoms with Gasteiger partial charge in [-0.1, -0.05) is 44.2 Å². The third kappa shape index (κ3) is 1.85. The number of fused-ring (bicyclic) bond motifs is 1. The van der Waals surface area contributed by atoms with E-state index in [0.29, 0.717) is 12.5 Å². The van der Waals surface area contributed by atoms with Crippen LogP contribution in [-0.4, -0.2) is 14.4 Å². The lowest BCUT2D eigenvalue weighted by Gasteiger charge is -2.09. The standard InChI is InChI=1S/C15H18N4/c1-10(2)14-13(11-6-4-3-5-7-11)18-15-17-9-12(8-16)19(14)15/h3-7,9-10H,8,16H2,1-2H3,(H,17,18). The van der Waals surface area contributed by atoms with Crippen LogP contribution < -0.4 is 5.73 Å². The molecule has 1 aromatic carbocycles. The number of nitrogens with two attached hydrogens (primary N) is 1. The smallest absolute Gasteiger partial charge is 0.212 e. The maximum Gasteiger partial charge on any atom is 0.212 e. The minimum Gasteiger partial charge on any atom is -0.325 e. The van der Waals surface area contributed by atoms with E-state index in [4.69, 9.17) is 5.73 Å². The number of aromatic nitrogens is 3. The molecule has 0 bridgehead atoms. The Labute approximate surface area is 112 Å². The van der Waals surface area contributed by atoms with Gasteiger partial charge in [0.15, 0.2) is 0 Å². The van der Waals surface area contributed by atoms with Crippen molar-refractivity contribution in [1.29, 1.82) is 0 Å². The van der Waals surface area contributed by atoms with E-state index in [0.717, 1.165) is 17.2 Å². The van der Waals surface area contributed by atoms with Gasteiger partial charge >= 0.3 is 0 Å².